The second kappa shape index (κ2) is 7.74. The third-order valence-electron chi connectivity index (χ3n) is 4.42. The van der Waals surface area contributed by atoms with Gasteiger partial charge >= 0.3 is 12.1 Å². The SMILES string of the molecule is Cc1ccc(NC(=O)/N=C2\C3C=CC=CC3=NC(=O)N2Cc2cccs2)cc1. The molecule has 1 aromatic carbocycles. The van der Waals surface area contributed by atoms with Gasteiger partial charge in [0.1, 0.15) is 5.84 Å². The average Bonchev–Trinajstić information content (AvgIpc) is 3.19. The van der Waals surface area contributed by atoms with E-state index in [1.807, 2.05) is 66.9 Å². The van der Waals surface area contributed by atoms with Crippen molar-refractivity contribution < 1.29 is 9.59 Å². The van der Waals surface area contributed by atoms with E-state index >= 15 is 0 Å². The summed E-state index contributed by atoms with van der Waals surface area (Å²) in [5.41, 5.74) is 2.35. The van der Waals surface area contributed by atoms with Crippen molar-refractivity contribution in [2.24, 2.45) is 15.9 Å². The van der Waals surface area contributed by atoms with Crippen LogP contribution in [0.3, 0.4) is 0 Å². The van der Waals surface area contributed by atoms with Crippen molar-refractivity contribution in [3.8, 4) is 0 Å². The van der Waals surface area contributed by atoms with Crippen LogP contribution in [0.1, 0.15) is 10.4 Å². The number of nitrogens with one attached hydrogen (secondary N) is 1. The number of benzene rings is 1. The van der Waals surface area contributed by atoms with E-state index in [1.165, 1.54) is 4.90 Å². The molecule has 0 saturated carbocycles. The zero-order valence-electron chi connectivity index (χ0n) is 15.2. The molecule has 7 heteroatoms. The van der Waals surface area contributed by atoms with Crippen molar-refractivity contribution in [1.29, 1.82) is 0 Å². The van der Waals surface area contributed by atoms with E-state index < -0.39 is 12.1 Å². The average molecular weight is 390 g/mol. The lowest BCUT2D eigenvalue weighted by molar-refractivity contribution is 0.227. The normalized spacial score (nSPS) is 19.5. The van der Waals surface area contributed by atoms with Gasteiger partial charge in [0.05, 0.1) is 18.2 Å². The van der Waals surface area contributed by atoms with Crippen molar-refractivity contribution in [3.05, 3.63) is 76.5 Å². The second-order valence-electron chi connectivity index (χ2n) is 6.47. The number of nitrogens with zero attached hydrogens (tertiary/aromatic N) is 3. The third-order valence-corrected chi connectivity index (χ3v) is 5.28. The summed E-state index contributed by atoms with van der Waals surface area (Å²) in [5.74, 6) is 0.0556. The maximum absolute atomic E-state index is 12.6. The Balaban J connectivity index is 1.65. The zero-order valence-corrected chi connectivity index (χ0v) is 16.0. The van der Waals surface area contributed by atoms with Gasteiger partial charge in [0, 0.05) is 10.6 Å². The van der Waals surface area contributed by atoms with Crippen molar-refractivity contribution in [2.45, 2.75) is 13.5 Å². The lowest BCUT2D eigenvalue weighted by Crippen LogP contribution is -2.46. The molecule has 1 aliphatic heterocycles. The molecule has 0 bridgehead atoms. The van der Waals surface area contributed by atoms with Crippen LogP contribution in [0, 0.1) is 12.8 Å². The van der Waals surface area contributed by atoms with Crippen LogP contribution < -0.4 is 5.32 Å². The summed E-state index contributed by atoms with van der Waals surface area (Å²) < 4.78 is 0. The first-order valence-corrected chi connectivity index (χ1v) is 9.72. The Labute approximate surface area is 166 Å². The van der Waals surface area contributed by atoms with Crippen LogP contribution in [-0.2, 0) is 6.54 Å². The van der Waals surface area contributed by atoms with Crippen molar-refractivity contribution in [3.63, 3.8) is 0 Å². The van der Waals surface area contributed by atoms with Gasteiger partial charge in [0.15, 0.2) is 0 Å². The molecule has 0 saturated heterocycles. The number of allylic oxidation sites excluding steroid dienone is 3. The van der Waals surface area contributed by atoms with Gasteiger partial charge < -0.3 is 5.32 Å². The quantitative estimate of drug-likeness (QED) is 0.817. The number of aryl methyl sites for hydroxylation is 1. The molecule has 140 valence electrons. The molecule has 0 spiro atoms. The van der Waals surface area contributed by atoms with E-state index in [9.17, 15) is 9.59 Å². The number of hydrogen-bond acceptors (Lipinski definition) is 3. The first-order valence-electron chi connectivity index (χ1n) is 8.84. The molecule has 1 unspecified atom stereocenters. The van der Waals surface area contributed by atoms with Crippen LogP contribution in [0.2, 0.25) is 0 Å². The molecule has 1 aliphatic carbocycles. The van der Waals surface area contributed by atoms with E-state index in [0.29, 0.717) is 23.8 Å². The van der Waals surface area contributed by atoms with Crippen LogP contribution >= 0.6 is 11.3 Å². The van der Waals surface area contributed by atoms with Gasteiger partial charge in [-0.25, -0.2) is 9.59 Å². The van der Waals surface area contributed by atoms with Crippen LogP contribution in [0.4, 0.5) is 15.3 Å². The number of carbonyl (C=O) groups excluding carboxylic acids is 2. The highest BCUT2D eigenvalue weighted by Crippen LogP contribution is 2.24. The molecular formula is C21H18N4O2S. The fourth-order valence-electron chi connectivity index (χ4n) is 3.02. The second-order valence-corrected chi connectivity index (χ2v) is 7.50. The number of anilines is 1. The monoisotopic (exact) mass is 390 g/mol. The van der Waals surface area contributed by atoms with Gasteiger partial charge in [-0.05, 0) is 36.6 Å². The maximum Gasteiger partial charge on any atom is 0.349 e. The third kappa shape index (κ3) is 3.84. The van der Waals surface area contributed by atoms with Crippen molar-refractivity contribution in [2.75, 3.05) is 5.32 Å². The highest BCUT2D eigenvalue weighted by molar-refractivity contribution is 7.09. The molecule has 4 rings (SSSR count). The van der Waals surface area contributed by atoms with E-state index in [-0.39, 0.29) is 5.92 Å². The summed E-state index contributed by atoms with van der Waals surface area (Å²) in [7, 11) is 0. The number of amidine groups is 1. The van der Waals surface area contributed by atoms with Gasteiger partial charge in [-0.3, -0.25) is 4.90 Å². The van der Waals surface area contributed by atoms with Crippen LogP contribution in [-0.4, -0.2) is 28.5 Å². The number of urea groups is 2. The highest BCUT2D eigenvalue weighted by Gasteiger charge is 2.34. The molecule has 1 N–H and O–H groups in total. The van der Waals surface area contributed by atoms with Crippen LogP contribution in [0.25, 0.3) is 0 Å². The summed E-state index contributed by atoms with van der Waals surface area (Å²) >= 11 is 1.54. The van der Waals surface area contributed by atoms with Crippen LogP contribution in [0.15, 0.2) is 76.1 Å². The molecule has 6 nitrogen and oxygen atoms in total. The molecule has 0 fully saturated rings. The fraction of sp³-hybridized carbons (Fsp3) is 0.143. The molecule has 2 heterocycles. The largest absolute Gasteiger partial charge is 0.349 e. The predicted molar refractivity (Wildman–Crippen MR) is 112 cm³/mol. The number of aliphatic imine (C=N–C) groups is 2. The van der Waals surface area contributed by atoms with E-state index in [0.717, 1.165) is 10.4 Å². The minimum Gasteiger partial charge on any atom is -0.306 e. The number of thiophene rings is 1. The number of carbonyl (C=O) groups is 2. The van der Waals surface area contributed by atoms with E-state index in [4.69, 9.17) is 0 Å². The standard InChI is InChI=1S/C21H18N4O2S/c1-14-8-10-15(11-9-14)22-20(26)24-19-17-6-2-3-7-18(17)23-21(27)25(19)13-16-5-4-12-28-16/h2-12,17H,13H2,1H3,(H,22,26)/b24-19+. The lowest BCUT2D eigenvalue weighted by Gasteiger charge is -2.31. The summed E-state index contributed by atoms with van der Waals surface area (Å²) in [6.07, 6.45) is 7.36. The molecule has 28 heavy (non-hydrogen) atoms. The van der Waals surface area contributed by atoms with E-state index in [1.54, 1.807) is 17.4 Å². The molecule has 2 aliphatic rings. The number of fused-ring (bicyclic) bond motifs is 1. The van der Waals surface area contributed by atoms with Gasteiger partial charge in [-0.2, -0.15) is 9.98 Å². The molecule has 1 aromatic heterocycles. The Morgan fingerprint density at radius 2 is 2.07 bits per heavy atom. The number of amides is 4. The van der Waals surface area contributed by atoms with Crippen molar-refractivity contribution >= 4 is 40.6 Å². The Bertz CT molecular complexity index is 1020. The fourth-order valence-corrected chi connectivity index (χ4v) is 3.72. The maximum atomic E-state index is 12.6. The van der Waals surface area contributed by atoms with Gasteiger partial charge in [-0.1, -0.05) is 42.0 Å². The number of rotatable bonds is 3. The first kappa shape index (κ1) is 18.1. The smallest absolute Gasteiger partial charge is 0.306 e. The predicted octanol–water partition coefficient (Wildman–Crippen LogP) is 4.81. The summed E-state index contributed by atoms with van der Waals surface area (Å²) in [6.45, 7) is 2.31. The molecule has 4 amide bonds. The first-order chi connectivity index (χ1) is 13.6. The van der Waals surface area contributed by atoms with E-state index in [2.05, 4.69) is 15.3 Å². The summed E-state index contributed by atoms with van der Waals surface area (Å²) in [4.78, 5) is 36.1. The molecule has 2 aromatic rings. The van der Waals surface area contributed by atoms with Crippen LogP contribution in [0.5, 0.6) is 0 Å². The molecular weight excluding hydrogens is 372 g/mol. The van der Waals surface area contributed by atoms with Gasteiger partial charge in [0.25, 0.3) is 0 Å². The Morgan fingerprint density at radius 3 is 2.82 bits per heavy atom. The molecule has 1 atom stereocenters. The Morgan fingerprint density at radius 1 is 1.25 bits per heavy atom. The minimum atomic E-state index is -0.521. The lowest BCUT2D eigenvalue weighted by atomic mass is 9.94. The molecule has 0 radical (unpaired) electrons. The van der Waals surface area contributed by atoms with Gasteiger partial charge in [-0.15, -0.1) is 11.3 Å². The number of hydrogen-bond donors (Lipinski definition) is 1. The Hall–Kier alpha value is -3.32. The zero-order chi connectivity index (χ0) is 19.5. The summed E-state index contributed by atoms with van der Waals surface area (Å²) in [6, 6.07) is 10.4. The van der Waals surface area contributed by atoms with Gasteiger partial charge in [0.2, 0.25) is 0 Å². The summed E-state index contributed by atoms with van der Waals surface area (Å²) in [5, 5.41) is 4.71. The highest BCUT2D eigenvalue weighted by atomic mass is 32.1. The minimum absolute atomic E-state index is 0.327. The Kier molecular flexibility index (Phi) is 4.99. The topological polar surface area (TPSA) is 74.1 Å². The van der Waals surface area contributed by atoms with Crippen molar-refractivity contribution in [1.82, 2.24) is 4.90 Å².